The fourth-order valence-corrected chi connectivity index (χ4v) is 1.14. The highest BCUT2D eigenvalue weighted by atomic mass is 19.4. The van der Waals surface area contributed by atoms with E-state index in [1.807, 2.05) is 13.8 Å². The normalized spacial score (nSPS) is 14.2. The second-order valence-electron chi connectivity index (χ2n) is 4.24. The Bertz CT molecular complexity index is 365. The molecule has 0 bridgehead atoms. The lowest BCUT2D eigenvalue weighted by molar-refractivity contribution is -0.173. The summed E-state index contributed by atoms with van der Waals surface area (Å²) in [6, 6.07) is -0.373. The molecule has 5 nitrogen and oxygen atoms in total. The van der Waals surface area contributed by atoms with Gasteiger partial charge in [0.2, 0.25) is 5.89 Å². The molecule has 18 heavy (non-hydrogen) atoms. The Kier molecular flexibility index (Phi) is 5.09. The lowest BCUT2D eigenvalue weighted by atomic mass is 10.1. The molecule has 1 aromatic rings. The molecule has 0 aromatic carbocycles. The molecule has 2 N–H and O–H groups in total. The third kappa shape index (κ3) is 5.01. The number of nitrogens with two attached hydrogens (primary N) is 1. The molecular formula is C10H16F3N3O2. The van der Waals surface area contributed by atoms with Gasteiger partial charge in [0.05, 0.1) is 12.6 Å². The van der Waals surface area contributed by atoms with Crippen molar-refractivity contribution in [3.8, 4) is 0 Å². The van der Waals surface area contributed by atoms with E-state index in [4.69, 9.17) is 10.3 Å². The Morgan fingerprint density at radius 2 is 2.06 bits per heavy atom. The van der Waals surface area contributed by atoms with Crippen molar-refractivity contribution in [2.24, 2.45) is 11.7 Å². The van der Waals surface area contributed by atoms with Gasteiger partial charge in [-0.2, -0.15) is 18.2 Å². The summed E-state index contributed by atoms with van der Waals surface area (Å²) >= 11 is 0. The highest BCUT2D eigenvalue weighted by molar-refractivity contribution is 4.93. The zero-order valence-electron chi connectivity index (χ0n) is 10.2. The summed E-state index contributed by atoms with van der Waals surface area (Å²) in [6.45, 7) is 2.42. The lowest BCUT2D eigenvalue weighted by Gasteiger charge is -2.09. The maximum atomic E-state index is 11.8. The van der Waals surface area contributed by atoms with Crippen LogP contribution < -0.4 is 5.73 Å². The van der Waals surface area contributed by atoms with Crippen molar-refractivity contribution in [1.82, 2.24) is 10.1 Å². The van der Waals surface area contributed by atoms with E-state index in [2.05, 4.69) is 14.9 Å². The van der Waals surface area contributed by atoms with Gasteiger partial charge in [-0.05, 0) is 5.92 Å². The molecule has 0 saturated heterocycles. The zero-order chi connectivity index (χ0) is 13.8. The molecule has 104 valence electrons. The van der Waals surface area contributed by atoms with Crippen LogP contribution in [0.1, 0.15) is 31.6 Å². The summed E-state index contributed by atoms with van der Waals surface area (Å²) in [5.74, 6) is 0.721. The number of halogens is 3. The summed E-state index contributed by atoms with van der Waals surface area (Å²) in [5.41, 5.74) is 5.79. The standard InChI is InChI=1S/C10H16F3N3O2/c1-6(2)8(14)9-15-7(16-18-9)3-4-17-5-10(11,12)13/h6,8H,3-5,14H2,1-2H3. The second kappa shape index (κ2) is 6.14. The number of rotatable bonds is 6. The van der Waals surface area contributed by atoms with Crippen molar-refractivity contribution in [2.75, 3.05) is 13.2 Å². The van der Waals surface area contributed by atoms with Crippen molar-refractivity contribution in [3.05, 3.63) is 11.7 Å². The van der Waals surface area contributed by atoms with Gasteiger partial charge >= 0.3 is 6.18 Å². The van der Waals surface area contributed by atoms with E-state index in [-0.39, 0.29) is 30.9 Å². The fraction of sp³-hybridized carbons (Fsp3) is 0.800. The second-order valence-corrected chi connectivity index (χ2v) is 4.24. The molecular weight excluding hydrogens is 251 g/mol. The molecule has 0 aliphatic carbocycles. The van der Waals surface area contributed by atoms with Crippen LogP contribution in [0, 0.1) is 5.92 Å². The van der Waals surface area contributed by atoms with E-state index < -0.39 is 12.8 Å². The van der Waals surface area contributed by atoms with E-state index >= 15 is 0 Å². The number of ether oxygens (including phenoxy) is 1. The van der Waals surface area contributed by atoms with Crippen molar-refractivity contribution < 1.29 is 22.4 Å². The first-order valence-corrected chi connectivity index (χ1v) is 5.52. The average molecular weight is 267 g/mol. The minimum Gasteiger partial charge on any atom is -0.372 e. The van der Waals surface area contributed by atoms with Gasteiger partial charge in [-0.1, -0.05) is 19.0 Å². The minimum absolute atomic E-state index is 0.116. The van der Waals surface area contributed by atoms with Crippen LogP contribution in [0.5, 0.6) is 0 Å². The van der Waals surface area contributed by atoms with Crippen molar-refractivity contribution in [3.63, 3.8) is 0 Å². The molecule has 0 spiro atoms. The molecule has 1 atom stereocenters. The van der Waals surface area contributed by atoms with Gasteiger partial charge in [0.15, 0.2) is 5.82 Å². The zero-order valence-corrected chi connectivity index (χ0v) is 10.2. The predicted molar refractivity (Wildman–Crippen MR) is 56.6 cm³/mol. The van der Waals surface area contributed by atoms with Crippen molar-refractivity contribution in [2.45, 2.75) is 32.5 Å². The van der Waals surface area contributed by atoms with Crippen LogP contribution in [0.15, 0.2) is 4.52 Å². The number of alkyl halides is 3. The highest BCUT2D eigenvalue weighted by Gasteiger charge is 2.27. The Morgan fingerprint density at radius 1 is 1.39 bits per heavy atom. The van der Waals surface area contributed by atoms with E-state index in [0.29, 0.717) is 5.82 Å². The van der Waals surface area contributed by atoms with Gasteiger partial charge in [0.1, 0.15) is 6.61 Å². The largest absolute Gasteiger partial charge is 0.411 e. The number of aromatic nitrogens is 2. The first kappa shape index (κ1) is 14.9. The third-order valence-corrected chi connectivity index (χ3v) is 2.22. The first-order valence-electron chi connectivity index (χ1n) is 5.52. The Balaban J connectivity index is 2.36. The van der Waals surface area contributed by atoms with Crippen LogP contribution in [-0.2, 0) is 11.2 Å². The Morgan fingerprint density at radius 3 is 2.61 bits per heavy atom. The maximum Gasteiger partial charge on any atom is 0.411 e. The summed E-state index contributed by atoms with van der Waals surface area (Å²) in [6.07, 6.45) is -4.16. The average Bonchev–Trinajstić information content (AvgIpc) is 2.70. The van der Waals surface area contributed by atoms with E-state index in [9.17, 15) is 13.2 Å². The number of nitrogens with zero attached hydrogens (tertiary/aromatic N) is 2. The molecule has 0 aliphatic rings. The molecule has 0 saturated carbocycles. The van der Waals surface area contributed by atoms with Gasteiger partial charge < -0.3 is 15.0 Å². The van der Waals surface area contributed by atoms with Crippen LogP contribution in [0.3, 0.4) is 0 Å². The summed E-state index contributed by atoms with van der Waals surface area (Å²) in [4.78, 5) is 4.00. The quantitative estimate of drug-likeness (QED) is 0.796. The SMILES string of the molecule is CC(C)C(N)c1nc(CCOCC(F)(F)F)no1. The minimum atomic E-state index is -4.32. The van der Waals surface area contributed by atoms with Crippen LogP contribution >= 0.6 is 0 Å². The summed E-state index contributed by atoms with van der Waals surface area (Å²) < 4.78 is 44.7. The molecule has 0 aliphatic heterocycles. The monoisotopic (exact) mass is 267 g/mol. The molecule has 1 unspecified atom stereocenters. The van der Waals surface area contributed by atoms with Crippen LogP contribution in [0.4, 0.5) is 13.2 Å². The smallest absolute Gasteiger partial charge is 0.372 e. The van der Waals surface area contributed by atoms with Gasteiger partial charge in [-0.15, -0.1) is 0 Å². The number of hydrogen-bond donors (Lipinski definition) is 1. The van der Waals surface area contributed by atoms with E-state index in [0.717, 1.165) is 0 Å². The lowest BCUT2D eigenvalue weighted by Crippen LogP contribution is -2.18. The topological polar surface area (TPSA) is 74.2 Å². The Hall–Kier alpha value is -1.15. The molecule has 8 heteroatoms. The van der Waals surface area contributed by atoms with Gasteiger partial charge in [0.25, 0.3) is 0 Å². The van der Waals surface area contributed by atoms with E-state index in [1.54, 1.807) is 0 Å². The number of hydrogen-bond acceptors (Lipinski definition) is 5. The van der Waals surface area contributed by atoms with E-state index in [1.165, 1.54) is 0 Å². The van der Waals surface area contributed by atoms with Crippen LogP contribution in [0.25, 0.3) is 0 Å². The molecule has 1 heterocycles. The van der Waals surface area contributed by atoms with Crippen molar-refractivity contribution in [1.29, 1.82) is 0 Å². The van der Waals surface area contributed by atoms with Gasteiger partial charge in [-0.25, -0.2) is 0 Å². The fourth-order valence-electron chi connectivity index (χ4n) is 1.14. The first-order chi connectivity index (χ1) is 8.29. The molecule has 1 aromatic heterocycles. The predicted octanol–water partition coefficient (Wildman–Crippen LogP) is 1.85. The van der Waals surface area contributed by atoms with Crippen molar-refractivity contribution >= 4 is 0 Å². The van der Waals surface area contributed by atoms with Gasteiger partial charge in [0, 0.05) is 6.42 Å². The third-order valence-electron chi connectivity index (χ3n) is 2.22. The molecule has 0 amide bonds. The summed E-state index contributed by atoms with van der Waals surface area (Å²) in [5, 5.41) is 3.63. The van der Waals surface area contributed by atoms with Crippen LogP contribution in [0.2, 0.25) is 0 Å². The Labute approximate surface area is 102 Å². The highest BCUT2D eigenvalue weighted by Crippen LogP contribution is 2.17. The molecule has 0 fully saturated rings. The summed E-state index contributed by atoms with van der Waals surface area (Å²) in [7, 11) is 0. The van der Waals surface area contributed by atoms with Crippen LogP contribution in [-0.4, -0.2) is 29.5 Å². The maximum absolute atomic E-state index is 11.8. The molecule has 0 radical (unpaired) electrons. The van der Waals surface area contributed by atoms with Gasteiger partial charge in [-0.3, -0.25) is 0 Å². The molecule has 1 rings (SSSR count).